The Hall–Kier alpha value is -2.94. The molecule has 1 unspecified atom stereocenters. The maximum Gasteiger partial charge on any atom is 0.243 e. The van der Waals surface area contributed by atoms with E-state index in [2.05, 4.69) is 5.32 Å². The lowest BCUT2D eigenvalue weighted by molar-refractivity contribution is -0.126. The molecule has 1 atom stereocenters. The number of piperazine rings is 1. The minimum atomic E-state index is -3.58. The molecular formula is C25H29N3O4S. The highest BCUT2D eigenvalue weighted by atomic mass is 32.2. The molecule has 7 nitrogen and oxygen atoms in total. The van der Waals surface area contributed by atoms with Crippen molar-refractivity contribution in [1.29, 1.82) is 0 Å². The molecule has 0 saturated carbocycles. The first-order valence-electron chi connectivity index (χ1n) is 11.0. The van der Waals surface area contributed by atoms with Gasteiger partial charge in [0.25, 0.3) is 0 Å². The average Bonchev–Trinajstić information content (AvgIpc) is 2.86. The van der Waals surface area contributed by atoms with Gasteiger partial charge in [-0.1, -0.05) is 42.5 Å². The van der Waals surface area contributed by atoms with Crippen molar-refractivity contribution >= 4 is 26.7 Å². The summed E-state index contributed by atoms with van der Waals surface area (Å²) in [5, 5.41) is 4.88. The number of amides is 1. The van der Waals surface area contributed by atoms with Crippen LogP contribution in [0.15, 0.2) is 71.6 Å². The third kappa shape index (κ3) is 5.19. The quantitative estimate of drug-likeness (QED) is 0.578. The Balaban J connectivity index is 1.33. The molecule has 1 N–H and O–H groups in total. The van der Waals surface area contributed by atoms with Crippen LogP contribution in [0.1, 0.15) is 12.5 Å². The second kappa shape index (κ2) is 9.91. The van der Waals surface area contributed by atoms with Gasteiger partial charge in [-0.15, -0.1) is 0 Å². The smallest absolute Gasteiger partial charge is 0.243 e. The first-order chi connectivity index (χ1) is 15.9. The molecule has 8 heteroatoms. The van der Waals surface area contributed by atoms with E-state index >= 15 is 0 Å². The summed E-state index contributed by atoms with van der Waals surface area (Å²) in [6, 6.07) is 20.2. The SMILES string of the molecule is COc1ccc(CNC(=O)C(C)N2CCN(S(=O)(=O)c3ccc4ccccc4c3)CC2)cc1. The number of carbonyl (C=O) groups excluding carboxylic acids is 1. The van der Waals surface area contributed by atoms with Gasteiger partial charge in [0.15, 0.2) is 0 Å². The summed E-state index contributed by atoms with van der Waals surface area (Å²) in [6.45, 7) is 4.00. The van der Waals surface area contributed by atoms with Gasteiger partial charge in [0, 0.05) is 32.7 Å². The van der Waals surface area contributed by atoms with Gasteiger partial charge >= 0.3 is 0 Å². The lowest BCUT2D eigenvalue weighted by Crippen LogP contribution is -2.54. The predicted molar refractivity (Wildman–Crippen MR) is 129 cm³/mol. The minimum absolute atomic E-state index is 0.0725. The average molecular weight is 468 g/mol. The molecule has 1 saturated heterocycles. The molecule has 3 aromatic carbocycles. The predicted octanol–water partition coefficient (Wildman–Crippen LogP) is 2.86. The lowest BCUT2D eigenvalue weighted by atomic mass is 10.1. The van der Waals surface area contributed by atoms with Gasteiger partial charge < -0.3 is 10.1 Å². The number of methoxy groups -OCH3 is 1. The number of carbonyl (C=O) groups is 1. The van der Waals surface area contributed by atoms with Crippen LogP contribution in [-0.4, -0.2) is 62.9 Å². The molecule has 1 heterocycles. The normalized spacial score (nSPS) is 16.4. The van der Waals surface area contributed by atoms with Crippen molar-refractivity contribution in [2.45, 2.75) is 24.4 Å². The number of fused-ring (bicyclic) bond motifs is 1. The second-order valence-corrected chi connectivity index (χ2v) is 10.1. The topological polar surface area (TPSA) is 79.0 Å². The molecule has 3 aromatic rings. The summed E-state index contributed by atoms with van der Waals surface area (Å²) < 4.78 is 33.0. The van der Waals surface area contributed by atoms with E-state index in [1.807, 2.05) is 66.4 Å². The summed E-state index contributed by atoms with van der Waals surface area (Å²) in [5.74, 6) is 0.701. The third-order valence-electron chi connectivity index (χ3n) is 6.18. The summed E-state index contributed by atoms with van der Waals surface area (Å²) in [4.78, 5) is 15.0. The van der Waals surface area contributed by atoms with Crippen LogP contribution < -0.4 is 10.1 Å². The van der Waals surface area contributed by atoms with Crippen molar-refractivity contribution in [2.75, 3.05) is 33.3 Å². The molecule has 1 aliphatic heterocycles. The standard InChI is InChI=1S/C25H29N3O4S/c1-19(25(29)26-18-20-7-10-23(32-2)11-8-20)27-13-15-28(16-14-27)33(30,31)24-12-9-21-5-3-4-6-22(21)17-24/h3-12,17,19H,13-16,18H2,1-2H3,(H,26,29). The van der Waals surface area contributed by atoms with E-state index < -0.39 is 10.0 Å². The van der Waals surface area contributed by atoms with E-state index in [1.54, 1.807) is 19.2 Å². The maximum absolute atomic E-state index is 13.2. The van der Waals surface area contributed by atoms with Gasteiger partial charge in [0.05, 0.1) is 18.0 Å². The van der Waals surface area contributed by atoms with Gasteiger partial charge in [0.2, 0.25) is 15.9 Å². The molecule has 1 amide bonds. The third-order valence-corrected chi connectivity index (χ3v) is 8.08. The van der Waals surface area contributed by atoms with Crippen molar-refractivity contribution < 1.29 is 17.9 Å². The Labute approximate surface area is 195 Å². The minimum Gasteiger partial charge on any atom is -0.497 e. The Morgan fingerprint density at radius 2 is 1.64 bits per heavy atom. The molecule has 0 aromatic heterocycles. The van der Waals surface area contributed by atoms with Crippen LogP contribution in [0.5, 0.6) is 5.75 Å². The highest BCUT2D eigenvalue weighted by molar-refractivity contribution is 7.89. The number of hydrogen-bond acceptors (Lipinski definition) is 5. The molecule has 0 radical (unpaired) electrons. The molecular weight excluding hydrogens is 438 g/mol. The maximum atomic E-state index is 13.2. The Morgan fingerprint density at radius 3 is 2.30 bits per heavy atom. The lowest BCUT2D eigenvalue weighted by Gasteiger charge is -2.36. The number of sulfonamides is 1. The summed E-state index contributed by atoms with van der Waals surface area (Å²) in [7, 11) is -1.96. The van der Waals surface area contributed by atoms with Crippen molar-refractivity contribution in [3.8, 4) is 5.75 Å². The highest BCUT2D eigenvalue weighted by Gasteiger charge is 2.31. The van der Waals surface area contributed by atoms with Gasteiger partial charge in [-0.05, 0) is 47.5 Å². The first-order valence-corrected chi connectivity index (χ1v) is 12.5. The summed E-state index contributed by atoms with van der Waals surface area (Å²) in [5.41, 5.74) is 0.989. The Bertz CT molecular complexity index is 1220. The zero-order valence-corrected chi connectivity index (χ0v) is 19.7. The Morgan fingerprint density at radius 1 is 0.970 bits per heavy atom. The molecule has 0 spiro atoms. The van der Waals surface area contributed by atoms with Crippen molar-refractivity contribution in [1.82, 2.24) is 14.5 Å². The van der Waals surface area contributed by atoms with E-state index in [0.29, 0.717) is 37.6 Å². The summed E-state index contributed by atoms with van der Waals surface area (Å²) in [6.07, 6.45) is 0. The van der Waals surface area contributed by atoms with Crippen LogP contribution in [0.2, 0.25) is 0 Å². The van der Waals surface area contributed by atoms with Crippen molar-refractivity contribution in [3.63, 3.8) is 0 Å². The molecule has 1 aliphatic rings. The van der Waals surface area contributed by atoms with Crippen LogP contribution in [0.3, 0.4) is 0 Å². The molecule has 0 aliphatic carbocycles. The number of benzene rings is 3. The monoisotopic (exact) mass is 467 g/mol. The molecule has 174 valence electrons. The van der Waals surface area contributed by atoms with E-state index in [-0.39, 0.29) is 11.9 Å². The number of ether oxygens (including phenoxy) is 1. The largest absolute Gasteiger partial charge is 0.497 e. The van der Waals surface area contributed by atoms with Crippen molar-refractivity contribution in [2.24, 2.45) is 0 Å². The molecule has 33 heavy (non-hydrogen) atoms. The Kier molecular flexibility index (Phi) is 6.97. The van der Waals surface area contributed by atoms with Crippen LogP contribution in [0, 0.1) is 0 Å². The van der Waals surface area contributed by atoms with E-state index in [0.717, 1.165) is 22.1 Å². The zero-order valence-electron chi connectivity index (χ0n) is 18.9. The van der Waals surface area contributed by atoms with Gasteiger partial charge in [0.1, 0.15) is 5.75 Å². The number of nitrogens with zero attached hydrogens (tertiary/aromatic N) is 2. The fraction of sp³-hybridized carbons (Fsp3) is 0.320. The first kappa shape index (κ1) is 23.2. The van der Waals surface area contributed by atoms with Crippen LogP contribution in [0.4, 0.5) is 0 Å². The van der Waals surface area contributed by atoms with E-state index in [1.165, 1.54) is 4.31 Å². The van der Waals surface area contributed by atoms with Crippen LogP contribution in [-0.2, 0) is 21.4 Å². The zero-order chi connectivity index (χ0) is 23.4. The number of nitrogens with one attached hydrogen (secondary N) is 1. The van der Waals surface area contributed by atoms with E-state index in [4.69, 9.17) is 4.74 Å². The number of rotatable bonds is 7. The molecule has 1 fully saturated rings. The summed E-state index contributed by atoms with van der Waals surface area (Å²) >= 11 is 0. The van der Waals surface area contributed by atoms with Gasteiger partial charge in [-0.25, -0.2) is 8.42 Å². The fourth-order valence-electron chi connectivity index (χ4n) is 4.05. The molecule has 0 bridgehead atoms. The number of hydrogen-bond donors (Lipinski definition) is 1. The second-order valence-electron chi connectivity index (χ2n) is 8.19. The fourth-order valence-corrected chi connectivity index (χ4v) is 5.51. The molecule has 4 rings (SSSR count). The van der Waals surface area contributed by atoms with Gasteiger partial charge in [-0.3, -0.25) is 9.69 Å². The highest BCUT2D eigenvalue weighted by Crippen LogP contribution is 2.23. The van der Waals surface area contributed by atoms with E-state index in [9.17, 15) is 13.2 Å². The van der Waals surface area contributed by atoms with Crippen LogP contribution >= 0.6 is 0 Å². The van der Waals surface area contributed by atoms with Crippen LogP contribution in [0.25, 0.3) is 10.8 Å². The van der Waals surface area contributed by atoms with Gasteiger partial charge in [-0.2, -0.15) is 4.31 Å². The van der Waals surface area contributed by atoms with Crippen molar-refractivity contribution in [3.05, 3.63) is 72.3 Å².